The lowest BCUT2D eigenvalue weighted by molar-refractivity contribution is -0.141. The van der Waals surface area contributed by atoms with Crippen LogP contribution in [0.25, 0.3) is 0 Å². The van der Waals surface area contributed by atoms with Gasteiger partial charge in [0.05, 0.1) is 39.0 Å². The van der Waals surface area contributed by atoms with Crippen molar-refractivity contribution in [2.45, 2.75) is 25.6 Å². The van der Waals surface area contributed by atoms with Gasteiger partial charge in [-0.05, 0) is 36.4 Å². The number of ether oxygens (including phenoxy) is 3. The van der Waals surface area contributed by atoms with Gasteiger partial charge in [0.15, 0.2) is 0 Å². The molecule has 0 radical (unpaired) electrons. The maximum atomic E-state index is 13.4. The maximum absolute atomic E-state index is 13.4. The van der Waals surface area contributed by atoms with Crippen molar-refractivity contribution in [1.29, 1.82) is 0 Å². The van der Waals surface area contributed by atoms with Gasteiger partial charge in [-0.2, -0.15) is 18.3 Å². The fraction of sp³-hybridized carbons (Fsp3) is 0.440. The molecule has 1 saturated heterocycles. The molecule has 0 aromatic heterocycles. The van der Waals surface area contributed by atoms with Gasteiger partial charge in [0.25, 0.3) is 0 Å². The highest BCUT2D eigenvalue weighted by Crippen LogP contribution is 2.37. The van der Waals surface area contributed by atoms with Crippen LogP contribution in [0.4, 0.5) is 24.5 Å². The van der Waals surface area contributed by atoms with Gasteiger partial charge < -0.3 is 19.1 Å². The average Bonchev–Trinajstić information content (AvgIpc) is 3.14. The Bertz CT molecular complexity index is 1070. The number of methoxy groups -OCH3 is 2. The SMILES string of the molecule is COC(=O)C[C@H]1[C@H](C)C(C(F)(F)F)=NN1c1ccc(OCC2CN(c3cccc(OC)c3)C2)cc1. The number of nitrogens with zero attached hydrogens (tertiary/aromatic N) is 3. The first kappa shape index (κ1) is 24.7. The van der Waals surface area contributed by atoms with Crippen molar-refractivity contribution in [2.75, 3.05) is 43.8 Å². The number of alkyl halides is 3. The van der Waals surface area contributed by atoms with Crippen molar-refractivity contribution < 1.29 is 32.2 Å². The third-order valence-electron chi connectivity index (χ3n) is 6.39. The second kappa shape index (κ2) is 10.1. The highest BCUT2D eigenvalue weighted by Gasteiger charge is 2.48. The molecule has 2 heterocycles. The molecule has 0 unspecified atom stereocenters. The van der Waals surface area contributed by atoms with E-state index in [9.17, 15) is 18.0 Å². The number of rotatable bonds is 8. The third-order valence-corrected chi connectivity index (χ3v) is 6.39. The Morgan fingerprint density at radius 2 is 1.77 bits per heavy atom. The molecule has 0 amide bonds. The van der Waals surface area contributed by atoms with Crippen LogP contribution in [-0.2, 0) is 9.53 Å². The minimum absolute atomic E-state index is 0.204. The van der Waals surface area contributed by atoms with E-state index in [1.54, 1.807) is 31.4 Å². The molecular weight excluding hydrogens is 463 g/mol. The first-order valence-electron chi connectivity index (χ1n) is 11.3. The van der Waals surface area contributed by atoms with Crippen LogP contribution in [0.5, 0.6) is 11.5 Å². The smallest absolute Gasteiger partial charge is 0.431 e. The summed E-state index contributed by atoms with van der Waals surface area (Å²) >= 11 is 0. The fourth-order valence-electron chi connectivity index (χ4n) is 4.36. The Kier molecular flexibility index (Phi) is 7.09. The van der Waals surface area contributed by atoms with Crippen LogP contribution in [0.3, 0.4) is 0 Å². The maximum Gasteiger partial charge on any atom is 0.431 e. The van der Waals surface area contributed by atoms with Gasteiger partial charge in [-0.1, -0.05) is 13.0 Å². The van der Waals surface area contributed by atoms with Crippen LogP contribution in [0.2, 0.25) is 0 Å². The highest BCUT2D eigenvalue weighted by molar-refractivity contribution is 5.96. The van der Waals surface area contributed by atoms with E-state index in [0.717, 1.165) is 24.5 Å². The molecule has 2 aliphatic heterocycles. The van der Waals surface area contributed by atoms with Gasteiger partial charge >= 0.3 is 12.1 Å². The number of hydrogen-bond acceptors (Lipinski definition) is 7. The normalized spacial score (nSPS) is 20.3. The molecule has 4 rings (SSSR count). The Morgan fingerprint density at radius 1 is 1.06 bits per heavy atom. The standard InChI is InChI=1S/C25H28F3N3O4/c1-16-22(12-23(32)34-3)31(29-24(16)25(26,27)28)18-7-9-20(10-8-18)35-15-17-13-30(14-17)19-5-4-6-21(11-19)33-2/h4-11,16-17,22H,12-15H2,1-3H3/t16-,22-/m0/s1. The third kappa shape index (κ3) is 5.47. The molecule has 2 aliphatic rings. The lowest BCUT2D eigenvalue weighted by Crippen LogP contribution is -2.49. The molecule has 0 aliphatic carbocycles. The molecule has 2 aromatic carbocycles. The average molecular weight is 492 g/mol. The number of benzene rings is 2. The lowest BCUT2D eigenvalue weighted by atomic mass is 9.94. The summed E-state index contributed by atoms with van der Waals surface area (Å²) in [5.41, 5.74) is 0.646. The van der Waals surface area contributed by atoms with Gasteiger partial charge in [0, 0.05) is 36.7 Å². The number of hydrazone groups is 1. The van der Waals surface area contributed by atoms with E-state index in [2.05, 4.69) is 14.7 Å². The molecule has 2 aromatic rings. The molecule has 188 valence electrons. The summed E-state index contributed by atoms with van der Waals surface area (Å²) in [5.74, 6) is 0.231. The molecule has 0 saturated carbocycles. The van der Waals surface area contributed by atoms with Gasteiger partial charge in [-0.25, -0.2) is 0 Å². The van der Waals surface area contributed by atoms with E-state index in [0.29, 0.717) is 24.0 Å². The van der Waals surface area contributed by atoms with E-state index < -0.39 is 29.8 Å². The largest absolute Gasteiger partial charge is 0.497 e. The summed E-state index contributed by atoms with van der Waals surface area (Å²) in [5, 5.41) is 5.07. The molecule has 10 heteroatoms. The second-order valence-corrected chi connectivity index (χ2v) is 8.74. The van der Waals surface area contributed by atoms with Crippen LogP contribution in [0, 0.1) is 11.8 Å². The van der Waals surface area contributed by atoms with E-state index in [1.807, 2.05) is 24.3 Å². The highest BCUT2D eigenvalue weighted by atomic mass is 19.4. The van der Waals surface area contributed by atoms with Crippen molar-refractivity contribution in [3.8, 4) is 11.5 Å². The number of anilines is 2. The monoisotopic (exact) mass is 491 g/mol. The van der Waals surface area contributed by atoms with E-state index >= 15 is 0 Å². The molecule has 0 bridgehead atoms. The van der Waals surface area contributed by atoms with Gasteiger partial charge in [0.2, 0.25) is 0 Å². The first-order chi connectivity index (χ1) is 16.7. The number of halogens is 3. The Hall–Kier alpha value is -3.43. The number of hydrogen-bond donors (Lipinski definition) is 0. The zero-order chi connectivity index (χ0) is 25.2. The van der Waals surface area contributed by atoms with E-state index in [4.69, 9.17) is 9.47 Å². The summed E-state index contributed by atoms with van der Waals surface area (Å²) in [7, 11) is 2.85. The molecular formula is C25H28F3N3O4. The van der Waals surface area contributed by atoms with Crippen molar-refractivity contribution in [3.05, 3.63) is 48.5 Å². The summed E-state index contributed by atoms with van der Waals surface area (Å²) in [6.07, 6.45) is -4.78. The predicted molar refractivity (Wildman–Crippen MR) is 126 cm³/mol. The van der Waals surface area contributed by atoms with Crippen molar-refractivity contribution in [3.63, 3.8) is 0 Å². The molecule has 7 nitrogen and oxygen atoms in total. The minimum atomic E-state index is -4.58. The minimum Gasteiger partial charge on any atom is -0.497 e. The van der Waals surface area contributed by atoms with Gasteiger partial charge in [0.1, 0.15) is 17.2 Å². The van der Waals surface area contributed by atoms with Gasteiger partial charge in [-0.15, -0.1) is 0 Å². The lowest BCUT2D eigenvalue weighted by Gasteiger charge is -2.40. The molecule has 35 heavy (non-hydrogen) atoms. The second-order valence-electron chi connectivity index (χ2n) is 8.74. The van der Waals surface area contributed by atoms with Crippen LogP contribution in [-0.4, -0.2) is 57.8 Å². The first-order valence-corrected chi connectivity index (χ1v) is 11.3. The molecule has 1 fully saturated rings. The fourth-order valence-corrected chi connectivity index (χ4v) is 4.36. The van der Waals surface area contributed by atoms with Crippen molar-refractivity contribution in [2.24, 2.45) is 16.9 Å². The summed E-state index contributed by atoms with van der Waals surface area (Å²) in [6, 6.07) is 13.8. The Morgan fingerprint density at radius 3 is 2.40 bits per heavy atom. The van der Waals surface area contributed by atoms with Crippen molar-refractivity contribution in [1.82, 2.24) is 0 Å². The van der Waals surface area contributed by atoms with Gasteiger partial charge in [-0.3, -0.25) is 9.80 Å². The molecule has 0 spiro atoms. The van der Waals surface area contributed by atoms with Crippen LogP contribution < -0.4 is 19.4 Å². The number of esters is 1. The van der Waals surface area contributed by atoms with Crippen LogP contribution in [0.1, 0.15) is 13.3 Å². The zero-order valence-electron chi connectivity index (χ0n) is 19.8. The van der Waals surface area contributed by atoms with Crippen molar-refractivity contribution >= 4 is 23.1 Å². The summed E-state index contributed by atoms with van der Waals surface area (Å²) < 4.78 is 56.2. The zero-order valence-corrected chi connectivity index (χ0v) is 19.8. The predicted octanol–water partition coefficient (Wildman–Crippen LogP) is 4.52. The molecule has 0 N–H and O–H groups in total. The molecule has 2 atom stereocenters. The summed E-state index contributed by atoms with van der Waals surface area (Å²) in [6.45, 7) is 3.68. The number of carbonyl (C=O) groups is 1. The number of carbonyl (C=O) groups excluding carboxylic acids is 1. The quantitative estimate of drug-likeness (QED) is 0.506. The Balaban J connectivity index is 1.36. The van der Waals surface area contributed by atoms with E-state index in [1.165, 1.54) is 19.0 Å². The Labute approximate surface area is 202 Å². The summed E-state index contributed by atoms with van der Waals surface area (Å²) in [4.78, 5) is 14.1. The van der Waals surface area contributed by atoms with E-state index in [-0.39, 0.29) is 6.42 Å². The van der Waals surface area contributed by atoms with Crippen LogP contribution in [0.15, 0.2) is 53.6 Å². The topological polar surface area (TPSA) is 63.6 Å². The van der Waals surface area contributed by atoms with Crippen LogP contribution >= 0.6 is 0 Å².